The second-order valence-corrected chi connectivity index (χ2v) is 5.50. The number of hydrogen-bond acceptors (Lipinski definition) is 6. The molecule has 0 radical (unpaired) electrons. The fourth-order valence-electron chi connectivity index (χ4n) is 2.83. The minimum Gasteiger partial charge on any atom is -0.415 e. The van der Waals surface area contributed by atoms with Crippen LogP contribution in [0.2, 0.25) is 0 Å². The van der Waals surface area contributed by atoms with Gasteiger partial charge in [-0.15, -0.1) is 10.2 Å². The van der Waals surface area contributed by atoms with E-state index in [-0.39, 0.29) is 29.9 Å². The molecule has 120 valence electrons. The number of nitrogens with two attached hydrogens (primary N) is 1. The molecule has 2 bridgehead atoms. The monoisotopic (exact) mass is 309 g/mol. The van der Waals surface area contributed by atoms with Crippen molar-refractivity contribution >= 4 is 11.9 Å². The Labute approximate surface area is 127 Å². The number of urea groups is 1. The summed E-state index contributed by atoms with van der Waals surface area (Å²) in [7, 11) is 0. The molecule has 9 nitrogen and oxygen atoms in total. The smallest absolute Gasteiger partial charge is 0.345 e. The molecule has 22 heavy (non-hydrogen) atoms. The van der Waals surface area contributed by atoms with Crippen LogP contribution in [0.3, 0.4) is 0 Å². The first-order chi connectivity index (χ1) is 10.6. The molecule has 2 N–H and O–H groups in total. The molecule has 1 aromatic rings. The predicted octanol–water partition coefficient (Wildman–Crippen LogP) is 0.841. The van der Waals surface area contributed by atoms with Crippen LogP contribution in [0.4, 0.5) is 4.79 Å². The molecule has 9 heteroatoms. The first kappa shape index (κ1) is 14.8. The predicted molar refractivity (Wildman–Crippen MR) is 73.4 cm³/mol. The Kier molecular flexibility index (Phi) is 3.97. The Morgan fingerprint density at radius 1 is 1.45 bits per heavy atom. The van der Waals surface area contributed by atoms with E-state index in [1.165, 1.54) is 5.06 Å². The Morgan fingerprint density at radius 2 is 2.27 bits per heavy atom. The van der Waals surface area contributed by atoms with E-state index >= 15 is 0 Å². The zero-order valence-corrected chi connectivity index (χ0v) is 12.4. The Morgan fingerprint density at radius 3 is 2.95 bits per heavy atom. The number of aromatic nitrogens is 2. The summed E-state index contributed by atoms with van der Waals surface area (Å²) in [4.78, 5) is 30.7. The van der Waals surface area contributed by atoms with E-state index in [0.29, 0.717) is 19.6 Å². The van der Waals surface area contributed by atoms with Crippen molar-refractivity contribution in [3.8, 4) is 0 Å². The van der Waals surface area contributed by atoms with Crippen LogP contribution in [0.15, 0.2) is 4.42 Å². The summed E-state index contributed by atoms with van der Waals surface area (Å²) < 4.78 is 5.27. The van der Waals surface area contributed by atoms with Crippen LogP contribution in [0.25, 0.3) is 0 Å². The van der Waals surface area contributed by atoms with Gasteiger partial charge in [-0.3, -0.25) is 9.63 Å². The molecule has 3 rings (SSSR count). The Hall–Kier alpha value is -2.16. The molecule has 2 aliphatic rings. The van der Waals surface area contributed by atoms with Crippen molar-refractivity contribution in [1.82, 2.24) is 20.2 Å². The number of carbonyl (C=O) groups is 2. The zero-order valence-electron chi connectivity index (χ0n) is 12.4. The van der Waals surface area contributed by atoms with E-state index in [2.05, 4.69) is 17.1 Å². The molecular weight excluding hydrogens is 290 g/mol. The normalized spacial score (nSPS) is 24.1. The van der Waals surface area contributed by atoms with Gasteiger partial charge in [-0.05, 0) is 19.3 Å². The number of primary amides is 1. The average Bonchev–Trinajstić information content (AvgIpc) is 3.08. The molecule has 2 atom stereocenters. The zero-order chi connectivity index (χ0) is 15.7. The van der Waals surface area contributed by atoms with Gasteiger partial charge in [-0.1, -0.05) is 13.3 Å². The second kappa shape index (κ2) is 5.91. The number of rotatable bonds is 6. The summed E-state index contributed by atoms with van der Waals surface area (Å²) in [5.74, 6) is -0.763. The molecule has 2 saturated heterocycles. The fourth-order valence-corrected chi connectivity index (χ4v) is 2.83. The average molecular weight is 309 g/mol. The van der Waals surface area contributed by atoms with Crippen molar-refractivity contribution in [2.24, 2.45) is 5.73 Å². The molecule has 3 heterocycles. The number of hydroxylamine groups is 2. The van der Waals surface area contributed by atoms with Gasteiger partial charge in [0.05, 0.1) is 12.6 Å². The van der Waals surface area contributed by atoms with Crippen LogP contribution >= 0.6 is 0 Å². The first-order valence-electron chi connectivity index (χ1n) is 7.47. The van der Waals surface area contributed by atoms with Crippen molar-refractivity contribution in [2.75, 3.05) is 13.2 Å². The van der Waals surface area contributed by atoms with E-state index in [4.69, 9.17) is 15.0 Å². The fraction of sp³-hybridized carbons (Fsp3) is 0.692. The topological polar surface area (TPSA) is 115 Å². The maximum atomic E-state index is 12.5. The van der Waals surface area contributed by atoms with E-state index in [1.54, 1.807) is 4.90 Å². The number of amides is 3. The minimum atomic E-state index is -0.773. The lowest BCUT2D eigenvalue weighted by Crippen LogP contribution is -2.34. The highest BCUT2D eigenvalue weighted by atomic mass is 16.7. The number of hydrogen-bond donors (Lipinski definition) is 1. The standard InChI is InChI=1S/C13H19N5O4/c1-2-3-6-21-18-8-4-5-9(17(7-8)13(18)20)11-15-16-12(22-11)10(14)19/h8-9H,2-7H2,1H3,(H2,14,19)/t8-,9-/m0/s1. The summed E-state index contributed by atoms with van der Waals surface area (Å²) in [6, 6.07) is -0.467. The third-order valence-corrected chi connectivity index (χ3v) is 3.99. The van der Waals surface area contributed by atoms with Crippen LogP contribution in [0, 0.1) is 0 Å². The van der Waals surface area contributed by atoms with Crippen LogP contribution in [-0.4, -0.2) is 51.3 Å². The Bertz CT molecular complexity index is 575. The van der Waals surface area contributed by atoms with Gasteiger partial charge in [0.25, 0.3) is 0 Å². The van der Waals surface area contributed by atoms with Gasteiger partial charge < -0.3 is 15.1 Å². The summed E-state index contributed by atoms with van der Waals surface area (Å²) in [6.07, 6.45) is 3.39. The summed E-state index contributed by atoms with van der Waals surface area (Å²) >= 11 is 0. The van der Waals surface area contributed by atoms with Crippen molar-refractivity contribution in [3.05, 3.63) is 11.8 Å². The quantitative estimate of drug-likeness (QED) is 0.779. The second-order valence-electron chi connectivity index (χ2n) is 5.50. The molecule has 2 aliphatic heterocycles. The third-order valence-electron chi connectivity index (χ3n) is 3.99. The molecule has 0 unspecified atom stereocenters. The molecule has 0 saturated carbocycles. The van der Waals surface area contributed by atoms with Crippen LogP contribution < -0.4 is 5.73 Å². The van der Waals surface area contributed by atoms with Gasteiger partial charge in [0, 0.05) is 6.54 Å². The highest BCUT2D eigenvalue weighted by Gasteiger charge is 2.47. The van der Waals surface area contributed by atoms with Crippen LogP contribution in [0.1, 0.15) is 55.2 Å². The van der Waals surface area contributed by atoms with E-state index in [1.807, 2.05) is 0 Å². The molecule has 1 aromatic heterocycles. The SMILES string of the molecule is CCCCON1C(=O)N2C[C@@H]1CC[C@H]2c1nnc(C(N)=O)o1. The molecule has 0 aliphatic carbocycles. The van der Waals surface area contributed by atoms with Crippen molar-refractivity contribution < 1.29 is 18.8 Å². The lowest BCUT2D eigenvalue weighted by Gasteiger charge is -2.27. The largest absolute Gasteiger partial charge is 0.415 e. The lowest BCUT2D eigenvalue weighted by atomic mass is 10.0. The molecule has 2 fully saturated rings. The third kappa shape index (κ3) is 2.52. The summed E-state index contributed by atoms with van der Waals surface area (Å²) in [5, 5.41) is 8.91. The van der Waals surface area contributed by atoms with Gasteiger partial charge in [-0.2, -0.15) is 5.06 Å². The number of unbranched alkanes of at least 4 members (excludes halogenated alkanes) is 1. The maximum Gasteiger partial charge on any atom is 0.345 e. The van der Waals surface area contributed by atoms with Crippen molar-refractivity contribution in [2.45, 2.75) is 44.7 Å². The lowest BCUT2D eigenvalue weighted by molar-refractivity contribution is -0.130. The van der Waals surface area contributed by atoms with Crippen LogP contribution in [0.5, 0.6) is 0 Å². The highest BCUT2D eigenvalue weighted by molar-refractivity contribution is 5.87. The number of piperidine rings is 1. The van der Waals surface area contributed by atoms with Gasteiger partial charge in [0.1, 0.15) is 6.04 Å². The molecular formula is C13H19N5O4. The first-order valence-corrected chi connectivity index (χ1v) is 7.47. The highest BCUT2D eigenvalue weighted by Crippen LogP contribution is 2.37. The molecule has 0 aromatic carbocycles. The van der Waals surface area contributed by atoms with E-state index in [0.717, 1.165) is 19.3 Å². The van der Waals surface area contributed by atoms with E-state index in [9.17, 15) is 9.59 Å². The van der Waals surface area contributed by atoms with Crippen LogP contribution in [-0.2, 0) is 4.84 Å². The van der Waals surface area contributed by atoms with Gasteiger partial charge in [-0.25, -0.2) is 4.79 Å². The van der Waals surface area contributed by atoms with Gasteiger partial charge in [0.15, 0.2) is 0 Å². The maximum absolute atomic E-state index is 12.5. The number of carbonyl (C=O) groups excluding carboxylic acids is 2. The summed E-state index contributed by atoms with van der Waals surface area (Å²) in [5.41, 5.74) is 5.11. The minimum absolute atomic E-state index is 0.0548. The Balaban J connectivity index is 1.72. The summed E-state index contributed by atoms with van der Waals surface area (Å²) in [6.45, 7) is 3.16. The van der Waals surface area contributed by atoms with Crippen molar-refractivity contribution in [1.29, 1.82) is 0 Å². The number of fused-ring (bicyclic) bond motifs is 2. The molecule has 3 amide bonds. The number of nitrogens with zero attached hydrogens (tertiary/aromatic N) is 4. The van der Waals surface area contributed by atoms with Crippen molar-refractivity contribution in [3.63, 3.8) is 0 Å². The van der Waals surface area contributed by atoms with Gasteiger partial charge >= 0.3 is 17.8 Å². The molecule has 0 spiro atoms. The van der Waals surface area contributed by atoms with E-state index < -0.39 is 5.91 Å². The van der Waals surface area contributed by atoms with Gasteiger partial charge in [0.2, 0.25) is 5.89 Å².